The van der Waals surface area contributed by atoms with Gasteiger partial charge in [0.1, 0.15) is 0 Å². The Morgan fingerprint density at radius 3 is 2.36 bits per heavy atom. The average Bonchev–Trinajstić information content (AvgIpc) is 2.49. The van der Waals surface area contributed by atoms with Gasteiger partial charge in [-0.2, -0.15) is 10.5 Å². The number of carbonyl (C=O) groups is 1. The van der Waals surface area contributed by atoms with Gasteiger partial charge in [-0.15, -0.1) is 0 Å². The number of nitrogens with zero attached hydrogens (tertiary/aromatic N) is 5. The fourth-order valence-corrected chi connectivity index (χ4v) is 2.84. The fraction of sp³-hybridized carbons (Fsp3) is 0.812. The Morgan fingerprint density at radius 2 is 1.86 bits per heavy atom. The van der Waals surface area contributed by atoms with Crippen LogP contribution in [0.4, 0.5) is 0 Å². The van der Waals surface area contributed by atoms with Crippen LogP contribution < -0.4 is 0 Å². The van der Waals surface area contributed by atoms with Crippen LogP contribution in [0.2, 0.25) is 0 Å². The van der Waals surface area contributed by atoms with Crippen molar-refractivity contribution in [2.24, 2.45) is 0 Å². The summed E-state index contributed by atoms with van der Waals surface area (Å²) in [5.74, 6) is 0.0135. The van der Waals surface area contributed by atoms with Gasteiger partial charge < -0.3 is 9.80 Å². The summed E-state index contributed by atoms with van der Waals surface area (Å²) in [5.41, 5.74) is 0. The quantitative estimate of drug-likeness (QED) is 0.703. The van der Waals surface area contributed by atoms with Crippen LogP contribution in [0.3, 0.4) is 0 Å². The molecular formula is C16H27N5O. The molecule has 0 aromatic heterocycles. The third-order valence-electron chi connectivity index (χ3n) is 4.53. The molecule has 0 radical (unpaired) electrons. The van der Waals surface area contributed by atoms with Crippen molar-refractivity contribution in [3.63, 3.8) is 0 Å². The van der Waals surface area contributed by atoms with E-state index in [1.165, 1.54) is 0 Å². The highest BCUT2D eigenvalue weighted by atomic mass is 16.2. The number of hydrogen-bond donors (Lipinski definition) is 0. The molecule has 2 atom stereocenters. The molecule has 0 N–H and O–H groups in total. The average molecular weight is 305 g/mol. The molecule has 1 heterocycles. The molecule has 1 amide bonds. The maximum atomic E-state index is 12.4. The van der Waals surface area contributed by atoms with E-state index in [1.807, 2.05) is 7.05 Å². The molecule has 0 bridgehead atoms. The standard InChI is InChI=1S/C16H27N5O/c1-14-12-15(6-11-19(14)2)20(3)13-16(22)21(9-4-7-17)10-5-8-18/h14-15H,4-6,9-13H2,1-3H3/t14-,15+/m1/s1. The van der Waals surface area contributed by atoms with E-state index in [0.717, 1.165) is 19.4 Å². The van der Waals surface area contributed by atoms with E-state index in [9.17, 15) is 4.79 Å². The van der Waals surface area contributed by atoms with Crippen molar-refractivity contribution < 1.29 is 4.79 Å². The van der Waals surface area contributed by atoms with Gasteiger partial charge in [0.25, 0.3) is 0 Å². The molecule has 0 aromatic carbocycles. The minimum atomic E-state index is 0.0135. The summed E-state index contributed by atoms with van der Waals surface area (Å²) in [6, 6.07) is 5.07. The Kier molecular flexibility index (Phi) is 7.87. The van der Waals surface area contributed by atoms with Crippen molar-refractivity contribution in [1.82, 2.24) is 14.7 Å². The molecule has 1 fully saturated rings. The second-order valence-corrected chi connectivity index (χ2v) is 6.12. The highest BCUT2D eigenvalue weighted by Crippen LogP contribution is 2.19. The van der Waals surface area contributed by atoms with Gasteiger partial charge in [-0.1, -0.05) is 0 Å². The molecule has 122 valence electrons. The lowest BCUT2D eigenvalue weighted by Crippen LogP contribution is -2.49. The molecule has 6 nitrogen and oxygen atoms in total. The smallest absolute Gasteiger partial charge is 0.236 e. The van der Waals surface area contributed by atoms with E-state index in [0.29, 0.717) is 44.6 Å². The van der Waals surface area contributed by atoms with Crippen molar-refractivity contribution >= 4 is 5.91 Å². The zero-order chi connectivity index (χ0) is 16.5. The summed E-state index contributed by atoms with van der Waals surface area (Å²) < 4.78 is 0. The van der Waals surface area contributed by atoms with Gasteiger partial charge in [0, 0.05) is 25.2 Å². The number of nitriles is 2. The highest BCUT2D eigenvalue weighted by Gasteiger charge is 2.27. The third kappa shape index (κ3) is 5.63. The predicted octanol–water partition coefficient (Wildman–Crippen LogP) is 1.06. The summed E-state index contributed by atoms with van der Waals surface area (Å²) in [4.78, 5) is 18.5. The summed E-state index contributed by atoms with van der Waals surface area (Å²) in [5, 5.41) is 17.4. The molecule has 22 heavy (non-hydrogen) atoms. The molecule has 0 spiro atoms. The number of carbonyl (C=O) groups excluding carboxylic acids is 1. The van der Waals surface area contributed by atoms with Gasteiger partial charge in [0.15, 0.2) is 0 Å². The maximum Gasteiger partial charge on any atom is 0.236 e. The summed E-state index contributed by atoms with van der Waals surface area (Å²) in [7, 11) is 4.13. The zero-order valence-electron chi connectivity index (χ0n) is 14.0. The number of likely N-dealkylation sites (tertiary alicyclic amines) is 1. The lowest BCUT2D eigenvalue weighted by molar-refractivity contribution is -0.132. The summed E-state index contributed by atoms with van der Waals surface area (Å²) >= 11 is 0. The Labute approximate surface area is 133 Å². The minimum absolute atomic E-state index is 0.0135. The molecule has 1 saturated heterocycles. The van der Waals surface area contributed by atoms with E-state index in [1.54, 1.807) is 4.90 Å². The van der Waals surface area contributed by atoms with Gasteiger partial charge in [-0.25, -0.2) is 0 Å². The lowest BCUT2D eigenvalue weighted by Gasteiger charge is -2.39. The van der Waals surface area contributed by atoms with Crippen molar-refractivity contribution in [2.45, 2.75) is 44.7 Å². The number of rotatable bonds is 7. The van der Waals surface area contributed by atoms with Crippen molar-refractivity contribution in [1.29, 1.82) is 10.5 Å². The zero-order valence-corrected chi connectivity index (χ0v) is 14.0. The number of likely N-dealkylation sites (N-methyl/N-ethyl adjacent to an activating group) is 1. The Morgan fingerprint density at radius 1 is 1.27 bits per heavy atom. The van der Waals surface area contributed by atoms with Crippen LogP contribution in [-0.2, 0) is 4.79 Å². The molecular weight excluding hydrogens is 278 g/mol. The Hall–Kier alpha value is -1.63. The third-order valence-corrected chi connectivity index (χ3v) is 4.53. The van der Waals surface area contributed by atoms with Gasteiger partial charge >= 0.3 is 0 Å². The summed E-state index contributed by atoms with van der Waals surface area (Å²) in [6.45, 7) is 4.45. The van der Waals surface area contributed by atoms with Crippen LogP contribution >= 0.6 is 0 Å². The molecule has 0 aliphatic carbocycles. The van der Waals surface area contributed by atoms with Gasteiger partial charge in [-0.3, -0.25) is 9.69 Å². The van der Waals surface area contributed by atoms with Crippen molar-refractivity contribution in [3.8, 4) is 12.1 Å². The van der Waals surface area contributed by atoms with Crippen LogP contribution in [0.1, 0.15) is 32.6 Å². The van der Waals surface area contributed by atoms with Crippen LogP contribution in [0, 0.1) is 22.7 Å². The van der Waals surface area contributed by atoms with E-state index in [2.05, 4.69) is 35.9 Å². The lowest BCUT2D eigenvalue weighted by atomic mass is 9.98. The van der Waals surface area contributed by atoms with Gasteiger partial charge in [-0.05, 0) is 40.4 Å². The molecule has 0 unspecified atom stereocenters. The van der Waals surface area contributed by atoms with E-state index in [4.69, 9.17) is 10.5 Å². The number of hydrogen-bond acceptors (Lipinski definition) is 5. The molecule has 0 aromatic rings. The van der Waals surface area contributed by atoms with E-state index < -0.39 is 0 Å². The van der Waals surface area contributed by atoms with Crippen LogP contribution in [0.25, 0.3) is 0 Å². The van der Waals surface area contributed by atoms with Crippen molar-refractivity contribution in [2.75, 3.05) is 40.3 Å². The number of amides is 1. The van der Waals surface area contributed by atoms with E-state index >= 15 is 0 Å². The largest absolute Gasteiger partial charge is 0.340 e. The minimum Gasteiger partial charge on any atom is -0.340 e. The first-order chi connectivity index (χ1) is 10.5. The SMILES string of the molecule is C[C@@H]1C[C@@H](N(C)CC(=O)N(CCC#N)CCC#N)CCN1C. The number of piperidine rings is 1. The monoisotopic (exact) mass is 305 g/mol. The van der Waals surface area contributed by atoms with Gasteiger partial charge in [0.05, 0.1) is 31.5 Å². The van der Waals surface area contributed by atoms with Crippen LogP contribution in [0.5, 0.6) is 0 Å². The second kappa shape index (κ2) is 9.40. The fourth-order valence-electron chi connectivity index (χ4n) is 2.84. The Balaban J connectivity index is 2.52. The highest BCUT2D eigenvalue weighted by molar-refractivity contribution is 5.78. The van der Waals surface area contributed by atoms with E-state index in [-0.39, 0.29) is 5.91 Å². The molecule has 0 saturated carbocycles. The molecule has 1 rings (SSSR count). The molecule has 1 aliphatic heterocycles. The van der Waals surface area contributed by atoms with Gasteiger partial charge in [0.2, 0.25) is 5.91 Å². The normalized spacial score (nSPS) is 22.1. The predicted molar refractivity (Wildman–Crippen MR) is 84.8 cm³/mol. The first-order valence-electron chi connectivity index (χ1n) is 7.91. The molecule has 6 heteroatoms. The molecule has 1 aliphatic rings. The first kappa shape index (κ1) is 18.4. The van der Waals surface area contributed by atoms with Crippen LogP contribution in [0.15, 0.2) is 0 Å². The van der Waals surface area contributed by atoms with Crippen LogP contribution in [-0.4, -0.2) is 73.0 Å². The van der Waals surface area contributed by atoms with Crippen molar-refractivity contribution in [3.05, 3.63) is 0 Å². The second-order valence-electron chi connectivity index (χ2n) is 6.12. The first-order valence-corrected chi connectivity index (χ1v) is 7.91. The Bertz CT molecular complexity index is 421. The summed E-state index contributed by atoms with van der Waals surface area (Å²) in [6.07, 6.45) is 2.76. The maximum absolute atomic E-state index is 12.4. The topological polar surface area (TPSA) is 74.4 Å².